The van der Waals surface area contributed by atoms with E-state index in [0.717, 1.165) is 60.8 Å². The number of amides is 1. The fraction of sp³-hybridized carbons (Fsp3) is 0.515. The van der Waals surface area contributed by atoms with Crippen LogP contribution in [0.25, 0.3) is 11.1 Å². The van der Waals surface area contributed by atoms with E-state index in [9.17, 15) is 19.2 Å². The molecule has 0 saturated heterocycles. The summed E-state index contributed by atoms with van der Waals surface area (Å²) in [5.41, 5.74) is 2.72. The second kappa shape index (κ2) is 14.2. The van der Waals surface area contributed by atoms with Gasteiger partial charge in [-0.2, -0.15) is 0 Å². The number of Topliss-reactive ketones (excluding diaryl/α,β-unsaturated/α-hetero) is 2. The van der Waals surface area contributed by atoms with Crippen LogP contribution in [0.5, 0.6) is 0 Å². The molecular weight excluding hydrogens is 506 g/mol. The van der Waals surface area contributed by atoms with Gasteiger partial charge in [0.05, 0.1) is 6.61 Å². The Morgan fingerprint density at radius 3 is 2.02 bits per heavy atom. The summed E-state index contributed by atoms with van der Waals surface area (Å²) < 4.78 is 10.9. The smallest absolute Gasteiger partial charge is 0.407 e. The van der Waals surface area contributed by atoms with Crippen molar-refractivity contribution in [3.63, 3.8) is 0 Å². The molecule has 214 valence electrons. The second-order valence-electron chi connectivity index (χ2n) is 10.8. The van der Waals surface area contributed by atoms with E-state index >= 15 is 0 Å². The van der Waals surface area contributed by atoms with Gasteiger partial charge in [-0.05, 0) is 42.0 Å². The van der Waals surface area contributed by atoms with E-state index in [2.05, 4.69) is 29.6 Å². The molecule has 40 heavy (non-hydrogen) atoms. The van der Waals surface area contributed by atoms with Gasteiger partial charge in [0.2, 0.25) is 0 Å². The molecule has 1 fully saturated rings. The van der Waals surface area contributed by atoms with E-state index in [1.54, 1.807) is 6.92 Å². The fourth-order valence-electron chi connectivity index (χ4n) is 6.11. The Balaban J connectivity index is 1.37. The van der Waals surface area contributed by atoms with Gasteiger partial charge in [-0.1, -0.05) is 93.5 Å². The van der Waals surface area contributed by atoms with Gasteiger partial charge in [0.1, 0.15) is 6.61 Å². The molecule has 7 heteroatoms. The van der Waals surface area contributed by atoms with Crippen LogP contribution in [0, 0.1) is 5.41 Å². The Kier molecular flexibility index (Phi) is 10.5. The molecule has 2 aliphatic rings. The van der Waals surface area contributed by atoms with Crippen LogP contribution in [0.1, 0.15) is 94.6 Å². The summed E-state index contributed by atoms with van der Waals surface area (Å²) in [6.07, 6.45) is 6.94. The molecule has 0 spiro atoms. The second-order valence-corrected chi connectivity index (χ2v) is 10.8. The Bertz CT molecular complexity index is 1160. The van der Waals surface area contributed by atoms with Crippen LogP contribution < -0.4 is 5.32 Å². The highest BCUT2D eigenvalue weighted by atomic mass is 16.5. The zero-order valence-electron chi connectivity index (χ0n) is 23.5. The number of ether oxygens (including phenoxy) is 2. The number of alkyl carbamates (subject to hydrolysis) is 1. The van der Waals surface area contributed by atoms with Crippen molar-refractivity contribution in [2.75, 3.05) is 19.8 Å². The zero-order chi connectivity index (χ0) is 28.4. The first kappa shape index (κ1) is 29.5. The number of nitrogens with one attached hydrogen (secondary N) is 1. The average Bonchev–Trinajstić information content (AvgIpc) is 3.27. The molecule has 2 aromatic carbocycles. The molecule has 0 aromatic heterocycles. The molecule has 1 saturated carbocycles. The maximum Gasteiger partial charge on any atom is 0.407 e. The van der Waals surface area contributed by atoms with E-state index in [4.69, 9.17) is 9.47 Å². The summed E-state index contributed by atoms with van der Waals surface area (Å²) in [6, 6.07) is 16.2. The van der Waals surface area contributed by atoms with Crippen LogP contribution in [0.15, 0.2) is 48.5 Å². The maximum absolute atomic E-state index is 13.6. The van der Waals surface area contributed by atoms with E-state index in [1.807, 2.05) is 24.3 Å². The van der Waals surface area contributed by atoms with Crippen molar-refractivity contribution in [2.24, 2.45) is 5.41 Å². The molecular formula is C33H41NO6. The fourth-order valence-corrected chi connectivity index (χ4v) is 6.11. The summed E-state index contributed by atoms with van der Waals surface area (Å²) in [5, 5.41) is 2.65. The van der Waals surface area contributed by atoms with E-state index in [1.165, 1.54) is 0 Å². The lowest BCUT2D eigenvalue weighted by molar-refractivity contribution is -0.165. The Morgan fingerprint density at radius 2 is 1.40 bits per heavy atom. The zero-order valence-corrected chi connectivity index (χ0v) is 23.5. The summed E-state index contributed by atoms with van der Waals surface area (Å²) >= 11 is 0. The van der Waals surface area contributed by atoms with Crippen molar-refractivity contribution in [3.8, 4) is 11.1 Å². The number of rotatable bonds is 8. The minimum atomic E-state index is -1.79. The Labute approximate surface area is 237 Å². The van der Waals surface area contributed by atoms with Crippen molar-refractivity contribution in [1.82, 2.24) is 5.32 Å². The molecule has 1 amide bonds. The maximum atomic E-state index is 13.6. The molecule has 4 rings (SSSR count). The highest BCUT2D eigenvalue weighted by Crippen LogP contribution is 2.44. The van der Waals surface area contributed by atoms with E-state index in [-0.39, 0.29) is 50.7 Å². The van der Waals surface area contributed by atoms with Crippen molar-refractivity contribution in [2.45, 2.75) is 83.5 Å². The van der Waals surface area contributed by atoms with Crippen molar-refractivity contribution < 1.29 is 28.7 Å². The molecule has 0 heterocycles. The normalized spacial score (nSPS) is 19.9. The van der Waals surface area contributed by atoms with Crippen LogP contribution in [0.4, 0.5) is 4.79 Å². The van der Waals surface area contributed by atoms with Gasteiger partial charge in [-0.15, -0.1) is 0 Å². The van der Waals surface area contributed by atoms with Gasteiger partial charge in [0.15, 0.2) is 17.0 Å². The molecule has 7 nitrogen and oxygen atoms in total. The van der Waals surface area contributed by atoms with E-state index < -0.39 is 23.3 Å². The van der Waals surface area contributed by atoms with Gasteiger partial charge in [0, 0.05) is 25.3 Å². The van der Waals surface area contributed by atoms with Gasteiger partial charge in [0.25, 0.3) is 0 Å². The van der Waals surface area contributed by atoms with Gasteiger partial charge in [-0.25, -0.2) is 4.79 Å². The molecule has 1 N–H and O–H groups in total. The first-order valence-electron chi connectivity index (χ1n) is 14.8. The standard InChI is InChI=1S/C33H41NO6/c1-2-39-31(37)33(21-14-8-6-4-3-5-7-9-19-29(33)35)30(36)20-22-34-32(38)40-23-28-26-17-12-10-15-24(26)25-16-11-13-18-27(25)28/h10-13,15-18,28H,2-9,14,19-23H2,1H3,(H,34,38). The Morgan fingerprint density at radius 1 is 0.825 bits per heavy atom. The van der Waals surface area contributed by atoms with Gasteiger partial charge in [-0.3, -0.25) is 14.4 Å². The van der Waals surface area contributed by atoms with E-state index in [0.29, 0.717) is 12.8 Å². The number of esters is 1. The third kappa shape index (κ3) is 6.62. The Hall–Kier alpha value is -3.48. The number of carbonyl (C=O) groups is 4. The van der Waals surface area contributed by atoms with Gasteiger partial charge >= 0.3 is 12.1 Å². The van der Waals surface area contributed by atoms with Crippen molar-refractivity contribution in [1.29, 1.82) is 0 Å². The predicted molar refractivity (Wildman–Crippen MR) is 153 cm³/mol. The predicted octanol–water partition coefficient (Wildman–Crippen LogP) is 6.52. The number of carbonyl (C=O) groups excluding carboxylic acids is 4. The largest absolute Gasteiger partial charge is 0.465 e. The summed E-state index contributed by atoms with van der Waals surface area (Å²) in [4.78, 5) is 52.8. The number of hydrogen-bond acceptors (Lipinski definition) is 6. The molecule has 1 unspecified atom stereocenters. The number of ketones is 2. The molecule has 0 radical (unpaired) electrons. The minimum Gasteiger partial charge on any atom is -0.465 e. The topological polar surface area (TPSA) is 98.8 Å². The van der Waals surface area contributed by atoms with Crippen LogP contribution in [-0.4, -0.2) is 43.4 Å². The SMILES string of the molecule is CCOC(=O)C1(C(=O)CCNC(=O)OCC2c3ccccc3-c3ccccc32)CCCCCCCCCCC1=O. The van der Waals surface area contributed by atoms with Crippen molar-refractivity contribution in [3.05, 3.63) is 59.7 Å². The number of benzene rings is 2. The summed E-state index contributed by atoms with van der Waals surface area (Å²) in [7, 11) is 0. The lowest BCUT2D eigenvalue weighted by atomic mass is 9.72. The highest BCUT2D eigenvalue weighted by Gasteiger charge is 2.51. The molecule has 0 bridgehead atoms. The number of hydrogen-bond donors (Lipinski definition) is 1. The quantitative estimate of drug-likeness (QED) is 0.299. The van der Waals surface area contributed by atoms with Crippen LogP contribution in [0.2, 0.25) is 0 Å². The van der Waals surface area contributed by atoms with Crippen LogP contribution >= 0.6 is 0 Å². The monoisotopic (exact) mass is 547 g/mol. The lowest BCUT2D eigenvalue weighted by Gasteiger charge is -2.29. The van der Waals surface area contributed by atoms with Crippen molar-refractivity contribution >= 4 is 23.6 Å². The molecule has 2 aliphatic carbocycles. The molecule has 1 atom stereocenters. The number of fused-ring (bicyclic) bond motifs is 3. The summed E-state index contributed by atoms with van der Waals surface area (Å²) in [5.74, 6) is -1.64. The third-order valence-electron chi connectivity index (χ3n) is 8.25. The molecule has 2 aromatic rings. The first-order valence-corrected chi connectivity index (χ1v) is 14.8. The third-order valence-corrected chi connectivity index (χ3v) is 8.25. The highest BCUT2D eigenvalue weighted by molar-refractivity contribution is 6.22. The first-order chi connectivity index (χ1) is 19.5. The van der Waals surface area contributed by atoms with Crippen LogP contribution in [-0.2, 0) is 23.9 Å². The lowest BCUT2D eigenvalue weighted by Crippen LogP contribution is -2.48. The van der Waals surface area contributed by atoms with Gasteiger partial charge < -0.3 is 14.8 Å². The molecule has 0 aliphatic heterocycles. The van der Waals surface area contributed by atoms with Crippen LogP contribution in [0.3, 0.4) is 0 Å². The average molecular weight is 548 g/mol. The summed E-state index contributed by atoms with van der Waals surface area (Å²) in [6.45, 7) is 1.91. The minimum absolute atomic E-state index is 0.0239.